The number of carbonyl (C=O) groups is 3. The number of hydrogen-bond acceptors (Lipinski definition) is 3. The predicted molar refractivity (Wildman–Crippen MR) is 131 cm³/mol. The number of unbranched alkanes of at least 4 members (excludes halogenated alkanes) is 2. The molecule has 1 aliphatic heterocycles. The van der Waals surface area contributed by atoms with Crippen molar-refractivity contribution in [3.8, 4) is 0 Å². The Kier molecular flexibility index (Phi) is 7.28. The summed E-state index contributed by atoms with van der Waals surface area (Å²) in [6.45, 7) is 2.53. The lowest BCUT2D eigenvalue weighted by molar-refractivity contribution is -0.140. The molecule has 1 saturated heterocycles. The number of benzene rings is 1. The third-order valence-corrected chi connectivity index (χ3v) is 10.8. The van der Waals surface area contributed by atoms with Crippen LogP contribution >= 0.6 is 47.8 Å². The summed E-state index contributed by atoms with van der Waals surface area (Å²) < 4.78 is 1.00. The molecule has 1 heterocycles. The summed E-state index contributed by atoms with van der Waals surface area (Å²) in [6, 6.07) is 5.87. The molecule has 2 bridgehead atoms. The zero-order valence-corrected chi connectivity index (χ0v) is 22.2. The minimum absolute atomic E-state index is 0.00294. The number of nitrogens with one attached hydrogen (secondary N) is 1. The van der Waals surface area contributed by atoms with Crippen molar-refractivity contribution in [2.75, 3.05) is 11.9 Å². The van der Waals surface area contributed by atoms with Crippen molar-refractivity contribution in [3.05, 3.63) is 28.2 Å². The second kappa shape index (κ2) is 9.64. The van der Waals surface area contributed by atoms with Crippen LogP contribution in [0.3, 0.4) is 0 Å². The third-order valence-electron chi connectivity index (χ3n) is 7.09. The van der Waals surface area contributed by atoms with Gasteiger partial charge in [-0.1, -0.05) is 61.1 Å². The molecule has 3 aliphatic rings. The Labute approximate surface area is 208 Å². The fraction of sp³-hybridized carbons (Fsp3) is 0.609. The number of rotatable bonds is 8. The SMILES string of the molecule is CCc1cc(Br)ccc1NC(=O)CCCCCN1C(=O)[C@@H]2[C@H]3C[C@@H]([C@H](Br)[C@H]3Br)[C@@H]2C1=O. The van der Waals surface area contributed by atoms with E-state index in [9.17, 15) is 14.4 Å². The van der Waals surface area contributed by atoms with Crippen LogP contribution in [0.4, 0.5) is 5.69 Å². The first-order valence-corrected chi connectivity index (χ1v) is 13.7. The number of hydrogen-bond donors (Lipinski definition) is 1. The zero-order chi connectivity index (χ0) is 22.3. The van der Waals surface area contributed by atoms with Crippen molar-refractivity contribution in [2.45, 2.75) is 55.1 Å². The van der Waals surface area contributed by atoms with Crippen LogP contribution in [-0.2, 0) is 20.8 Å². The van der Waals surface area contributed by atoms with E-state index in [0.29, 0.717) is 13.0 Å². The normalized spacial score (nSPS) is 31.4. The molecule has 3 fully saturated rings. The van der Waals surface area contributed by atoms with E-state index in [1.807, 2.05) is 18.2 Å². The number of anilines is 1. The van der Waals surface area contributed by atoms with Crippen LogP contribution in [0.5, 0.6) is 0 Å². The van der Waals surface area contributed by atoms with Gasteiger partial charge in [-0.15, -0.1) is 0 Å². The number of carbonyl (C=O) groups excluding carboxylic acids is 3. The molecule has 31 heavy (non-hydrogen) atoms. The minimum atomic E-state index is -0.139. The monoisotopic (exact) mass is 616 g/mol. The highest BCUT2D eigenvalue weighted by atomic mass is 79.9. The highest BCUT2D eigenvalue weighted by Crippen LogP contribution is 2.60. The standard InChI is InChI=1S/C23H27Br3N2O3/c1-2-12-10-13(24)7-8-16(12)27-17(29)6-4-3-5-9-28-22(30)18-14-11-15(19(18)23(28)31)21(26)20(14)25/h7-8,10,14-15,18-21H,2-6,9,11H2,1H3,(H,27,29)/t14-,15-,18-,19+,20+,21+/m1/s1. The molecule has 1 aromatic carbocycles. The van der Waals surface area contributed by atoms with Gasteiger partial charge in [-0.2, -0.15) is 0 Å². The molecule has 2 saturated carbocycles. The van der Waals surface area contributed by atoms with Crippen LogP contribution in [0.25, 0.3) is 0 Å². The highest BCUT2D eigenvalue weighted by molar-refractivity contribution is 9.12. The minimum Gasteiger partial charge on any atom is -0.326 e. The smallest absolute Gasteiger partial charge is 0.233 e. The molecule has 6 atom stereocenters. The molecule has 0 unspecified atom stereocenters. The molecular weight excluding hydrogens is 592 g/mol. The lowest BCUT2D eigenvalue weighted by Crippen LogP contribution is -2.37. The van der Waals surface area contributed by atoms with Crippen LogP contribution < -0.4 is 5.32 Å². The van der Waals surface area contributed by atoms with Crippen molar-refractivity contribution in [3.63, 3.8) is 0 Å². The van der Waals surface area contributed by atoms with E-state index < -0.39 is 0 Å². The Morgan fingerprint density at radius 3 is 2.32 bits per heavy atom. The number of fused-ring (bicyclic) bond motifs is 5. The van der Waals surface area contributed by atoms with Gasteiger partial charge in [0.1, 0.15) is 0 Å². The number of nitrogens with zero attached hydrogens (tertiary/aromatic N) is 1. The molecule has 4 rings (SSSR count). The molecule has 5 nitrogen and oxygen atoms in total. The molecular formula is C23H27Br3N2O3. The molecule has 2 aliphatic carbocycles. The second-order valence-electron chi connectivity index (χ2n) is 8.85. The number of alkyl halides is 2. The Bertz CT molecular complexity index is 861. The van der Waals surface area contributed by atoms with Crippen molar-refractivity contribution >= 4 is 71.2 Å². The Balaban J connectivity index is 1.22. The molecule has 8 heteroatoms. The molecule has 1 aromatic rings. The lowest BCUT2D eigenvalue weighted by Gasteiger charge is -2.28. The largest absolute Gasteiger partial charge is 0.326 e. The molecule has 0 radical (unpaired) electrons. The summed E-state index contributed by atoms with van der Waals surface area (Å²) in [5.74, 6) is 0.286. The van der Waals surface area contributed by atoms with E-state index in [1.165, 1.54) is 4.90 Å². The topological polar surface area (TPSA) is 66.5 Å². The average Bonchev–Trinajstić information content (AvgIpc) is 3.35. The van der Waals surface area contributed by atoms with Crippen LogP contribution in [0, 0.1) is 23.7 Å². The Morgan fingerprint density at radius 2 is 1.71 bits per heavy atom. The predicted octanol–water partition coefficient (Wildman–Crippen LogP) is 5.29. The molecule has 0 spiro atoms. The summed E-state index contributed by atoms with van der Waals surface area (Å²) in [5.41, 5.74) is 1.96. The van der Waals surface area contributed by atoms with E-state index >= 15 is 0 Å². The molecule has 168 valence electrons. The number of amides is 3. The first-order valence-electron chi connectivity index (χ1n) is 11.0. The summed E-state index contributed by atoms with van der Waals surface area (Å²) >= 11 is 10.9. The quantitative estimate of drug-likeness (QED) is 0.245. The number of aryl methyl sites for hydroxylation is 1. The first-order chi connectivity index (χ1) is 14.8. The van der Waals surface area contributed by atoms with Gasteiger partial charge in [0.2, 0.25) is 17.7 Å². The van der Waals surface area contributed by atoms with Gasteiger partial charge in [0, 0.05) is 32.8 Å². The Morgan fingerprint density at radius 1 is 1.06 bits per heavy atom. The van der Waals surface area contributed by atoms with Gasteiger partial charge in [0.15, 0.2) is 0 Å². The highest BCUT2D eigenvalue weighted by Gasteiger charge is 2.66. The van der Waals surface area contributed by atoms with Gasteiger partial charge >= 0.3 is 0 Å². The fourth-order valence-corrected chi connectivity index (χ4v) is 7.83. The molecule has 3 amide bonds. The fourth-order valence-electron chi connectivity index (χ4n) is 5.55. The lowest BCUT2D eigenvalue weighted by atomic mass is 9.81. The van der Waals surface area contributed by atoms with Crippen LogP contribution in [0.1, 0.15) is 44.6 Å². The van der Waals surface area contributed by atoms with Crippen molar-refractivity contribution < 1.29 is 14.4 Å². The maximum absolute atomic E-state index is 12.9. The van der Waals surface area contributed by atoms with E-state index in [0.717, 1.165) is 47.8 Å². The summed E-state index contributed by atoms with van der Waals surface area (Å²) in [7, 11) is 0. The van der Waals surface area contributed by atoms with Gasteiger partial charge in [-0.05, 0) is 61.3 Å². The van der Waals surface area contributed by atoms with Crippen LogP contribution in [-0.4, -0.2) is 38.8 Å². The van der Waals surface area contributed by atoms with Gasteiger partial charge in [0.05, 0.1) is 11.8 Å². The van der Waals surface area contributed by atoms with Crippen LogP contribution in [0.2, 0.25) is 0 Å². The molecule has 1 N–H and O–H groups in total. The van der Waals surface area contributed by atoms with Crippen molar-refractivity contribution in [1.82, 2.24) is 4.90 Å². The Hall–Kier alpha value is -0.730. The van der Waals surface area contributed by atoms with E-state index in [1.54, 1.807) is 0 Å². The first kappa shape index (κ1) is 23.4. The second-order valence-corrected chi connectivity index (χ2v) is 11.9. The number of likely N-dealkylation sites (tertiary alicyclic amines) is 1. The summed E-state index contributed by atoms with van der Waals surface area (Å²) in [5, 5.41) is 3.00. The average molecular weight is 619 g/mol. The maximum Gasteiger partial charge on any atom is 0.233 e. The van der Waals surface area contributed by atoms with E-state index in [-0.39, 0.29) is 51.0 Å². The van der Waals surface area contributed by atoms with Gasteiger partial charge in [-0.3, -0.25) is 19.3 Å². The summed E-state index contributed by atoms with van der Waals surface area (Å²) in [4.78, 5) is 40.1. The van der Waals surface area contributed by atoms with E-state index in [2.05, 4.69) is 60.0 Å². The van der Waals surface area contributed by atoms with Crippen molar-refractivity contribution in [2.24, 2.45) is 23.7 Å². The number of halogens is 3. The maximum atomic E-state index is 12.9. The van der Waals surface area contributed by atoms with Gasteiger partial charge < -0.3 is 5.32 Å². The number of imide groups is 1. The van der Waals surface area contributed by atoms with Crippen molar-refractivity contribution in [1.29, 1.82) is 0 Å². The summed E-state index contributed by atoms with van der Waals surface area (Å²) in [6.07, 6.45) is 4.55. The molecule has 0 aromatic heterocycles. The van der Waals surface area contributed by atoms with E-state index in [4.69, 9.17) is 0 Å². The van der Waals surface area contributed by atoms with Gasteiger partial charge in [0.25, 0.3) is 0 Å². The van der Waals surface area contributed by atoms with Gasteiger partial charge in [-0.25, -0.2) is 0 Å². The zero-order valence-electron chi connectivity index (χ0n) is 17.5. The third kappa shape index (κ3) is 4.41. The van der Waals surface area contributed by atoms with Crippen LogP contribution in [0.15, 0.2) is 22.7 Å².